The Labute approximate surface area is 184 Å². The van der Waals surface area contributed by atoms with Gasteiger partial charge in [-0.1, -0.05) is 0 Å². The summed E-state index contributed by atoms with van der Waals surface area (Å²) in [5.41, 5.74) is 1.94. The Bertz CT molecular complexity index is 852. The Kier molecular flexibility index (Phi) is 5.90. The van der Waals surface area contributed by atoms with Gasteiger partial charge in [0, 0.05) is 42.4 Å². The van der Waals surface area contributed by atoms with Gasteiger partial charge in [0.15, 0.2) is 0 Å². The van der Waals surface area contributed by atoms with Crippen molar-refractivity contribution in [1.82, 2.24) is 10.2 Å². The van der Waals surface area contributed by atoms with Gasteiger partial charge in [0.25, 0.3) is 0 Å². The number of benzene rings is 1. The third-order valence-electron chi connectivity index (χ3n) is 8.04. The first kappa shape index (κ1) is 20.8. The van der Waals surface area contributed by atoms with Gasteiger partial charge in [0.1, 0.15) is 5.75 Å². The number of likely N-dealkylation sites (tertiary alicyclic amines) is 1. The summed E-state index contributed by atoms with van der Waals surface area (Å²) in [4.78, 5) is 14.8. The van der Waals surface area contributed by atoms with Crippen LogP contribution in [0.3, 0.4) is 0 Å². The first-order chi connectivity index (χ1) is 15.1. The van der Waals surface area contributed by atoms with Crippen LogP contribution in [-0.4, -0.2) is 54.3 Å². The topological polar surface area (TPSA) is 85.6 Å². The van der Waals surface area contributed by atoms with Crippen LogP contribution < -0.4 is 10.1 Å². The number of carbonyl (C=O) groups excluding carboxylic acids is 1. The summed E-state index contributed by atoms with van der Waals surface area (Å²) in [6, 6.07) is 8.40. The predicted molar refractivity (Wildman–Crippen MR) is 117 cm³/mol. The highest BCUT2D eigenvalue weighted by Crippen LogP contribution is 2.42. The Hall–Kier alpha value is -2.10. The Morgan fingerprint density at radius 3 is 2.77 bits per heavy atom. The van der Waals surface area contributed by atoms with Crippen LogP contribution in [0.5, 0.6) is 5.75 Å². The summed E-state index contributed by atoms with van der Waals surface area (Å²) in [7, 11) is 0. The molecule has 3 fully saturated rings. The zero-order chi connectivity index (χ0) is 21.4. The van der Waals surface area contributed by atoms with Crippen LogP contribution in [0.1, 0.15) is 62.0 Å². The van der Waals surface area contributed by atoms with E-state index in [2.05, 4.69) is 16.3 Å². The highest BCUT2D eigenvalue weighted by atomic mass is 16.5. The molecule has 0 radical (unpaired) electrons. The average molecular weight is 424 g/mol. The molecule has 2 N–H and O–H groups in total. The number of amides is 1. The molecule has 2 saturated carbocycles. The monoisotopic (exact) mass is 423 g/mol. The summed E-state index contributed by atoms with van der Waals surface area (Å²) < 4.78 is 5.97. The minimum Gasteiger partial charge on any atom is -0.493 e. The molecule has 1 aromatic carbocycles. The van der Waals surface area contributed by atoms with Crippen LogP contribution in [0, 0.1) is 29.1 Å². The average Bonchev–Trinajstić information content (AvgIpc) is 3.19. The number of hydrogen-bond acceptors (Lipinski definition) is 5. The molecule has 0 bridgehead atoms. The fourth-order valence-corrected chi connectivity index (χ4v) is 5.98. The van der Waals surface area contributed by atoms with Gasteiger partial charge in [-0.05, 0) is 75.6 Å². The summed E-state index contributed by atoms with van der Waals surface area (Å²) in [6.45, 7) is 4.05. The van der Waals surface area contributed by atoms with E-state index < -0.39 is 0 Å². The van der Waals surface area contributed by atoms with E-state index in [1.807, 2.05) is 18.2 Å². The maximum Gasteiger partial charge on any atom is 0.223 e. The summed E-state index contributed by atoms with van der Waals surface area (Å²) in [5, 5.41) is 21.9. The molecular formula is C25H33N3O3. The molecule has 0 spiro atoms. The molecule has 4 aliphatic rings. The summed E-state index contributed by atoms with van der Waals surface area (Å²) in [6.07, 6.45) is 6.76. The van der Waals surface area contributed by atoms with E-state index in [1.54, 1.807) is 0 Å². The molecule has 6 heteroatoms. The van der Waals surface area contributed by atoms with Gasteiger partial charge in [-0.2, -0.15) is 5.26 Å². The van der Waals surface area contributed by atoms with Crippen LogP contribution in [-0.2, 0) is 4.79 Å². The zero-order valence-electron chi connectivity index (χ0n) is 18.1. The van der Waals surface area contributed by atoms with Crippen LogP contribution in [0.25, 0.3) is 0 Å². The van der Waals surface area contributed by atoms with E-state index in [9.17, 15) is 15.2 Å². The third kappa shape index (κ3) is 4.44. The molecule has 1 saturated heterocycles. The number of aliphatic hydroxyl groups excluding tert-OH is 1. The van der Waals surface area contributed by atoms with Crippen molar-refractivity contribution in [2.45, 2.75) is 63.0 Å². The van der Waals surface area contributed by atoms with Crippen LogP contribution in [0.2, 0.25) is 0 Å². The van der Waals surface area contributed by atoms with E-state index >= 15 is 0 Å². The highest BCUT2D eigenvalue weighted by Gasteiger charge is 2.39. The number of aliphatic hydroxyl groups is 1. The molecule has 0 unspecified atom stereocenters. The molecule has 2 aliphatic carbocycles. The van der Waals surface area contributed by atoms with Crippen molar-refractivity contribution in [3.63, 3.8) is 0 Å². The van der Waals surface area contributed by atoms with Gasteiger partial charge in [0.2, 0.25) is 5.91 Å². The second-order valence-electron chi connectivity index (χ2n) is 10.1. The predicted octanol–water partition coefficient (Wildman–Crippen LogP) is 2.80. The van der Waals surface area contributed by atoms with Gasteiger partial charge < -0.3 is 20.1 Å². The Balaban J connectivity index is 1.07. The van der Waals surface area contributed by atoms with Gasteiger partial charge in [-0.15, -0.1) is 0 Å². The second kappa shape index (κ2) is 8.80. The van der Waals surface area contributed by atoms with Gasteiger partial charge in [-0.3, -0.25) is 4.79 Å². The Morgan fingerprint density at radius 1 is 1.23 bits per heavy atom. The number of fused-ring (bicyclic) bond motifs is 3. The maximum atomic E-state index is 12.2. The highest BCUT2D eigenvalue weighted by molar-refractivity contribution is 5.79. The molecule has 31 heavy (non-hydrogen) atoms. The van der Waals surface area contributed by atoms with Crippen molar-refractivity contribution in [3.05, 3.63) is 29.3 Å². The summed E-state index contributed by atoms with van der Waals surface area (Å²) >= 11 is 0. The van der Waals surface area contributed by atoms with Crippen molar-refractivity contribution in [2.75, 3.05) is 26.2 Å². The van der Waals surface area contributed by atoms with Gasteiger partial charge >= 0.3 is 0 Å². The molecule has 166 valence electrons. The molecule has 2 atom stereocenters. The smallest absolute Gasteiger partial charge is 0.223 e. The summed E-state index contributed by atoms with van der Waals surface area (Å²) in [5.74, 6) is 2.89. The van der Waals surface area contributed by atoms with Crippen LogP contribution >= 0.6 is 0 Å². The second-order valence-corrected chi connectivity index (χ2v) is 10.1. The molecule has 1 amide bonds. The van der Waals surface area contributed by atoms with Gasteiger partial charge in [-0.25, -0.2) is 0 Å². The fourth-order valence-electron chi connectivity index (χ4n) is 5.98. The van der Waals surface area contributed by atoms with E-state index in [0.29, 0.717) is 30.7 Å². The molecule has 0 aromatic heterocycles. The molecule has 2 aliphatic heterocycles. The number of nitrogens with zero attached hydrogens (tertiary/aromatic N) is 2. The van der Waals surface area contributed by atoms with E-state index in [1.165, 1.54) is 24.8 Å². The number of ether oxygens (including phenoxy) is 1. The van der Waals surface area contributed by atoms with E-state index in [0.717, 1.165) is 56.3 Å². The minimum atomic E-state index is -0.269. The SMILES string of the molecule is N#Cc1ccc2c(c1)[C@@H]1CN(CC[C@H]3CC[C@H](NC(=O)C4CC(O)C4)CC3)C[C@H]1CO2. The standard InChI is InChI=1S/C25H33N3O3/c26-12-17-3-6-24-22(9-17)23-14-28(13-19(23)15-31-24)8-7-16-1-4-20(5-2-16)27-25(30)18-10-21(29)11-18/h3,6,9,16,18-21,23,29H,1-2,4-5,7-8,10-11,13-15H2,(H,27,30)/t16-,18?,19-,20-,21?,23+/m0/s1. The van der Waals surface area contributed by atoms with Crippen LogP contribution in [0.15, 0.2) is 18.2 Å². The van der Waals surface area contributed by atoms with Crippen molar-refractivity contribution >= 4 is 5.91 Å². The molecular weight excluding hydrogens is 390 g/mol. The van der Waals surface area contributed by atoms with Crippen molar-refractivity contribution in [3.8, 4) is 11.8 Å². The van der Waals surface area contributed by atoms with E-state index in [4.69, 9.17) is 4.74 Å². The lowest BCUT2D eigenvalue weighted by molar-refractivity contribution is -0.132. The number of rotatable bonds is 5. The number of nitrogens with one attached hydrogen (secondary N) is 1. The minimum absolute atomic E-state index is 0.0322. The fraction of sp³-hybridized carbons (Fsp3) is 0.680. The molecule has 1 aromatic rings. The number of nitriles is 1. The molecule has 2 heterocycles. The number of carbonyl (C=O) groups is 1. The van der Waals surface area contributed by atoms with Crippen LogP contribution in [0.4, 0.5) is 0 Å². The maximum absolute atomic E-state index is 12.2. The molecule has 5 rings (SSSR count). The van der Waals surface area contributed by atoms with Crippen molar-refractivity contribution in [2.24, 2.45) is 17.8 Å². The zero-order valence-corrected chi connectivity index (χ0v) is 18.1. The van der Waals surface area contributed by atoms with Gasteiger partial charge in [0.05, 0.1) is 24.3 Å². The lowest BCUT2D eigenvalue weighted by Gasteiger charge is -2.34. The van der Waals surface area contributed by atoms with Crippen molar-refractivity contribution in [1.29, 1.82) is 5.26 Å². The Morgan fingerprint density at radius 2 is 2.03 bits per heavy atom. The van der Waals surface area contributed by atoms with E-state index in [-0.39, 0.29) is 17.9 Å². The normalized spacial score (nSPS) is 34.6. The first-order valence-corrected chi connectivity index (χ1v) is 12.0. The molecule has 6 nitrogen and oxygen atoms in total. The first-order valence-electron chi connectivity index (χ1n) is 12.0. The lowest BCUT2D eigenvalue weighted by atomic mass is 9.80. The largest absolute Gasteiger partial charge is 0.493 e. The quantitative estimate of drug-likeness (QED) is 0.761. The number of hydrogen-bond donors (Lipinski definition) is 2. The lowest BCUT2D eigenvalue weighted by Crippen LogP contribution is -2.46. The van der Waals surface area contributed by atoms with Crippen molar-refractivity contribution < 1.29 is 14.6 Å². The third-order valence-corrected chi connectivity index (χ3v) is 8.04.